The molecule has 4 heteroatoms. The van der Waals surface area contributed by atoms with Gasteiger partial charge in [-0.15, -0.1) is 0 Å². The molecule has 0 aliphatic carbocycles. The zero-order valence-corrected chi connectivity index (χ0v) is 21.1. The van der Waals surface area contributed by atoms with E-state index in [9.17, 15) is 13.2 Å². The van der Waals surface area contributed by atoms with Crippen molar-refractivity contribution in [3.05, 3.63) is 130 Å². The van der Waals surface area contributed by atoms with E-state index < -0.39 is 17.6 Å². The molecule has 0 spiro atoms. The summed E-state index contributed by atoms with van der Waals surface area (Å²) in [4.78, 5) is 0. The number of alkyl halides is 3. The van der Waals surface area contributed by atoms with Crippen LogP contribution in [0.5, 0.6) is 0 Å². The van der Waals surface area contributed by atoms with Gasteiger partial charge in [-0.3, -0.25) is 0 Å². The predicted molar refractivity (Wildman–Crippen MR) is 145 cm³/mol. The maximum atomic E-state index is 15.1. The second-order valence-electron chi connectivity index (χ2n) is 9.39. The van der Waals surface area contributed by atoms with Crippen LogP contribution < -0.4 is 0 Å². The molecule has 0 N–H and O–H groups in total. The van der Waals surface area contributed by atoms with E-state index in [1.165, 1.54) is 23.8 Å². The van der Waals surface area contributed by atoms with Crippen LogP contribution >= 0.6 is 0 Å². The Labute approximate surface area is 216 Å². The highest BCUT2D eigenvalue weighted by Gasteiger charge is 2.37. The molecule has 0 nitrogen and oxygen atoms in total. The number of hydrogen-bond acceptors (Lipinski definition) is 0. The lowest BCUT2D eigenvalue weighted by atomic mass is 9.96. The smallest absolute Gasteiger partial charge is 0.206 e. The fourth-order valence-corrected chi connectivity index (χ4v) is 4.41. The van der Waals surface area contributed by atoms with Crippen LogP contribution in [0.3, 0.4) is 0 Å². The number of hydrogen-bond donors (Lipinski definition) is 0. The van der Waals surface area contributed by atoms with E-state index in [0.717, 1.165) is 40.7 Å². The highest BCUT2D eigenvalue weighted by molar-refractivity contribution is 5.72. The summed E-state index contributed by atoms with van der Waals surface area (Å²) in [7, 11) is 0. The van der Waals surface area contributed by atoms with Crippen molar-refractivity contribution in [3.8, 4) is 11.1 Å². The van der Waals surface area contributed by atoms with Crippen LogP contribution in [0.15, 0.2) is 84.9 Å². The zero-order valence-electron chi connectivity index (χ0n) is 21.1. The van der Waals surface area contributed by atoms with Crippen molar-refractivity contribution < 1.29 is 17.6 Å². The first-order valence-electron chi connectivity index (χ1n) is 12.6. The highest BCUT2D eigenvalue weighted by atomic mass is 19.4. The van der Waals surface area contributed by atoms with Gasteiger partial charge in [0.15, 0.2) is 0 Å². The highest BCUT2D eigenvalue weighted by Crippen LogP contribution is 2.36. The van der Waals surface area contributed by atoms with Gasteiger partial charge >= 0.3 is 6.18 Å². The van der Waals surface area contributed by atoms with E-state index in [-0.39, 0.29) is 17.5 Å². The summed E-state index contributed by atoms with van der Waals surface area (Å²) in [5, 5.41) is 0. The van der Waals surface area contributed by atoms with E-state index in [4.69, 9.17) is 0 Å². The van der Waals surface area contributed by atoms with Crippen LogP contribution in [0, 0.1) is 12.7 Å². The molecule has 0 bridgehead atoms. The molecule has 0 amide bonds. The predicted octanol–water partition coefficient (Wildman–Crippen LogP) is 9.73. The lowest BCUT2D eigenvalue weighted by Crippen LogP contribution is -2.13. The summed E-state index contributed by atoms with van der Waals surface area (Å²) in [6.07, 6.45) is 0.892. The second-order valence-corrected chi connectivity index (χ2v) is 9.39. The molecular formula is C33H30F4. The molecule has 0 unspecified atom stereocenters. The molecule has 0 fully saturated rings. The van der Waals surface area contributed by atoms with Crippen LogP contribution in [0.1, 0.15) is 52.3 Å². The van der Waals surface area contributed by atoms with Crippen molar-refractivity contribution in [1.82, 2.24) is 0 Å². The molecule has 4 aromatic rings. The second kappa shape index (κ2) is 11.6. The van der Waals surface area contributed by atoms with E-state index in [1.807, 2.05) is 55.5 Å². The maximum absolute atomic E-state index is 15.1. The molecular weight excluding hydrogens is 472 g/mol. The minimum Gasteiger partial charge on any atom is -0.206 e. The van der Waals surface area contributed by atoms with Crippen molar-refractivity contribution >= 4 is 12.2 Å². The molecule has 0 aliphatic heterocycles. The molecule has 0 aliphatic rings. The molecule has 0 atom stereocenters. The van der Waals surface area contributed by atoms with Gasteiger partial charge in [0.2, 0.25) is 0 Å². The third-order valence-corrected chi connectivity index (χ3v) is 6.53. The summed E-state index contributed by atoms with van der Waals surface area (Å²) in [6.45, 7) is 4.09. The standard InChI is InChI=1S/C33H30F4/c1-3-4-24-9-15-27(16-10-24)28-17-11-26(12-18-28)14-20-30-22-21-29(31(32(30)34)33(35,36)37)19-13-25-7-5-23(2)6-8-25/h5-13,15-19,21-22H,3-4,14,20H2,1-2H3/b19-13+. The Bertz CT molecular complexity index is 1340. The first-order chi connectivity index (χ1) is 17.7. The number of halogens is 4. The van der Waals surface area contributed by atoms with Crippen molar-refractivity contribution in [1.29, 1.82) is 0 Å². The molecule has 37 heavy (non-hydrogen) atoms. The van der Waals surface area contributed by atoms with Gasteiger partial charge in [-0.1, -0.05) is 116 Å². The molecule has 0 heterocycles. The van der Waals surface area contributed by atoms with Gasteiger partial charge in [0.25, 0.3) is 0 Å². The monoisotopic (exact) mass is 502 g/mol. The van der Waals surface area contributed by atoms with Gasteiger partial charge in [0.1, 0.15) is 5.82 Å². The third kappa shape index (κ3) is 6.76. The Morgan fingerprint density at radius 1 is 0.649 bits per heavy atom. The van der Waals surface area contributed by atoms with Gasteiger partial charge in [0.05, 0.1) is 5.56 Å². The summed E-state index contributed by atoms with van der Waals surface area (Å²) in [5.41, 5.74) is 4.92. The van der Waals surface area contributed by atoms with Gasteiger partial charge in [-0.2, -0.15) is 13.2 Å². The molecule has 0 saturated heterocycles. The molecule has 190 valence electrons. The topological polar surface area (TPSA) is 0 Å². The quantitative estimate of drug-likeness (QED) is 0.166. The van der Waals surface area contributed by atoms with Crippen molar-refractivity contribution in [2.24, 2.45) is 0 Å². The Balaban J connectivity index is 1.49. The van der Waals surface area contributed by atoms with Gasteiger partial charge in [-0.25, -0.2) is 4.39 Å². The average molecular weight is 503 g/mol. The largest absolute Gasteiger partial charge is 0.419 e. The molecule has 4 aromatic carbocycles. The molecule has 0 radical (unpaired) electrons. The third-order valence-electron chi connectivity index (χ3n) is 6.53. The fraction of sp³-hybridized carbons (Fsp3) is 0.212. The summed E-state index contributed by atoms with van der Waals surface area (Å²) >= 11 is 0. The van der Waals surface area contributed by atoms with Crippen molar-refractivity contribution in [2.45, 2.75) is 45.7 Å². The van der Waals surface area contributed by atoms with Gasteiger partial charge in [0, 0.05) is 0 Å². The SMILES string of the molecule is CCCc1ccc(-c2ccc(CCc3ccc(/C=C/c4ccc(C)cc4)c(C(F)(F)F)c3F)cc2)cc1. The molecule has 0 aromatic heterocycles. The van der Waals surface area contributed by atoms with Gasteiger partial charge in [-0.05, 0) is 65.1 Å². The molecule has 0 saturated carbocycles. The van der Waals surface area contributed by atoms with E-state index in [0.29, 0.717) is 6.42 Å². The number of aryl methyl sites for hydroxylation is 4. The zero-order chi connectivity index (χ0) is 26.4. The Hall–Kier alpha value is -3.66. The van der Waals surface area contributed by atoms with Gasteiger partial charge < -0.3 is 0 Å². The Morgan fingerprint density at radius 3 is 1.76 bits per heavy atom. The minimum atomic E-state index is -4.79. The Morgan fingerprint density at radius 2 is 1.22 bits per heavy atom. The normalized spacial score (nSPS) is 11.8. The van der Waals surface area contributed by atoms with E-state index >= 15 is 4.39 Å². The average Bonchev–Trinajstić information content (AvgIpc) is 2.88. The van der Waals surface area contributed by atoms with Crippen LogP contribution in [0.2, 0.25) is 0 Å². The minimum absolute atomic E-state index is 0.0652. The van der Waals surface area contributed by atoms with Crippen LogP contribution in [-0.2, 0) is 25.4 Å². The maximum Gasteiger partial charge on any atom is 0.419 e. The van der Waals surface area contributed by atoms with Crippen molar-refractivity contribution in [3.63, 3.8) is 0 Å². The lowest BCUT2D eigenvalue weighted by Gasteiger charge is -2.15. The van der Waals surface area contributed by atoms with E-state index in [1.54, 1.807) is 6.08 Å². The lowest BCUT2D eigenvalue weighted by molar-refractivity contribution is -0.140. The Kier molecular flexibility index (Phi) is 8.27. The van der Waals surface area contributed by atoms with Crippen LogP contribution in [0.25, 0.3) is 23.3 Å². The first-order valence-corrected chi connectivity index (χ1v) is 12.6. The first kappa shape index (κ1) is 26.4. The van der Waals surface area contributed by atoms with Crippen LogP contribution in [-0.4, -0.2) is 0 Å². The van der Waals surface area contributed by atoms with Crippen LogP contribution in [0.4, 0.5) is 17.6 Å². The van der Waals surface area contributed by atoms with E-state index in [2.05, 4.69) is 31.2 Å². The summed E-state index contributed by atoms with van der Waals surface area (Å²) in [5.74, 6) is -1.19. The summed E-state index contributed by atoms with van der Waals surface area (Å²) < 4.78 is 56.6. The fourth-order valence-electron chi connectivity index (χ4n) is 4.41. The summed E-state index contributed by atoms with van der Waals surface area (Å²) in [6, 6.07) is 26.6. The molecule has 4 rings (SSSR count). The number of benzene rings is 4. The van der Waals surface area contributed by atoms with Crippen molar-refractivity contribution in [2.75, 3.05) is 0 Å². The number of rotatable bonds is 8.